The quantitative estimate of drug-likeness (QED) is 0.742. The number of halogens is 2. The van der Waals surface area contributed by atoms with E-state index in [0.29, 0.717) is 39.0 Å². The number of aromatic amines is 1. The molecule has 27 heavy (non-hydrogen) atoms. The molecule has 9 heteroatoms. The highest BCUT2D eigenvalue weighted by atomic mass is 19.1. The highest BCUT2D eigenvalue weighted by molar-refractivity contribution is 5.95. The van der Waals surface area contributed by atoms with Gasteiger partial charge in [-0.05, 0) is 19.9 Å². The summed E-state index contributed by atoms with van der Waals surface area (Å²) >= 11 is 0. The number of fused-ring (bicyclic) bond motifs is 1. The highest BCUT2D eigenvalue weighted by Gasteiger charge is 2.46. The fraction of sp³-hybridized carbons (Fsp3) is 0.444. The number of aromatic carboxylic acids is 1. The molecule has 1 saturated heterocycles. The van der Waals surface area contributed by atoms with Crippen LogP contribution in [0.2, 0.25) is 0 Å². The van der Waals surface area contributed by atoms with Crippen LogP contribution in [0.5, 0.6) is 0 Å². The number of carboxylic acid groups (broad SMARTS) is 1. The van der Waals surface area contributed by atoms with E-state index in [2.05, 4.69) is 9.88 Å². The summed E-state index contributed by atoms with van der Waals surface area (Å²) in [5.74, 6) is -3.22. The van der Waals surface area contributed by atoms with E-state index in [-0.39, 0.29) is 22.2 Å². The number of carbonyl (C=O) groups is 1. The summed E-state index contributed by atoms with van der Waals surface area (Å²) in [5.41, 5.74) is 3.14. The molecule has 1 aliphatic carbocycles. The van der Waals surface area contributed by atoms with Crippen LogP contribution in [-0.4, -0.2) is 54.2 Å². The van der Waals surface area contributed by atoms with Gasteiger partial charge in [0.2, 0.25) is 5.43 Å². The standard InChI is InChI=1S/C18H20F2N4O3/c1-23-4-6-24(7-5-23)15-12(19)11(18(21)2-3-18)10-14(13(15)20)22-8-9(16(10)25)17(26)27/h8H,2-7,21H2,1H3,(H,22,25)(H,26,27). The van der Waals surface area contributed by atoms with Crippen molar-refractivity contribution in [3.8, 4) is 0 Å². The third kappa shape index (κ3) is 2.69. The number of benzene rings is 1. The molecule has 0 atom stereocenters. The van der Waals surface area contributed by atoms with E-state index in [0.717, 1.165) is 6.20 Å². The molecule has 0 radical (unpaired) electrons. The van der Waals surface area contributed by atoms with E-state index >= 15 is 8.78 Å². The van der Waals surface area contributed by atoms with Gasteiger partial charge in [0.25, 0.3) is 0 Å². The Morgan fingerprint density at radius 1 is 1.22 bits per heavy atom. The summed E-state index contributed by atoms with van der Waals surface area (Å²) in [4.78, 5) is 30.2. The Labute approximate surface area is 153 Å². The first-order valence-corrected chi connectivity index (χ1v) is 8.77. The molecule has 144 valence electrons. The smallest absolute Gasteiger partial charge is 0.341 e. The largest absolute Gasteiger partial charge is 0.477 e. The zero-order valence-corrected chi connectivity index (χ0v) is 14.8. The van der Waals surface area contributed by atoms with Crippen LogP contribution in [0.1, 0.15) is 28.8 Å². The third-order valence-corrected chi connectivity index (χ3v) is 5.52. The number of carboxylic acids is 1. The van der Waals surface area contributed by atoms with Crippen molar-refractivity contribution in [1.29, 1.82) is 0 Å². The van der Waals surface area contributed by atoms with E-state index in [9.17, 15) is 14.7 Å². The number of aromatic nitrogens is 1. The van der Waals surface area contributed by atoms with Gasteiger partial charge < -0.3 is 25.6 Å². The van der Waals surface area contributed by atoms with E-state index in [1.807, 2.05) is 7.05 Å². The lowest BCUT2D eigenvalue weighted by atomic mass is 9.95. The molecule has 0 spiro atoms. The lowest BCUT2D eigenvalue weighted by Crippen LogP contribution is -2.45. The van der Waals surface area contributed by atoms with Gasteiger partial charge in [0.05, 0.1) is 10.9 Å². The predicted molar refractivity (Wildman–Crippen MR) is 96.3 cm³/mol. The first kappa shape index (κ1) is 17.9. The van der Waals surface area contributed by atoms with Crippen molar-refractivity contribution in [3.63, 3.8) is 0 Å². The highest BCUT2D eigenvalue weighted by Crippen LogP contribution is 2.48. The molecule has 2 aliphatic rings. The molecule has 1 aromatic heterocycles. The summed E-state index contributed by atoms with van der Waals surface area (Å²) in [6, 6.07) is 0. The average Bonchev–Trinajstić information content (AvgIpc) is 3.35. The van der Waals surface area contributed by atoms with Crippen molar-refractivity contribution in [3.05, 3.63) is 39.2 Å². The molecule has 4 rings (SSSR count). The second-order valence-corrected chi connectivity index (χ2v) is 7.38. The molecule has 7 nitrogen and oxygen atoms in total. The fourth-order valence-corrected chi connectivity index (χ4v) is 3.70. The molecule has 2 aromatic rings. The van der Waals surface area contributed by atoms with Gasteiger partial charge in [-0.3, -0.25) is 4.79 Å². The molecule has 1 aliphatic heterocycles. The number of hydrogen-bond donors (Lipinski definition) is 3. The van der Waals surface area contributed by atoms with Crippen LogP contribution in [0.25, 0.3) is 10.9 Å². The minimum atomic E-state index is -1.46. The number of piperazine rings is 1. The fourth-order valence-electron chi connectivity index (χ4n) is 3.70. The first-order valence-electron chi connectivity index (χ1n) is 8.77. The van der Waals surface area contributed by atoms with Crippen LogP contribution in [0.15, 0.2) is 11.0 Å². The van der Waals surface area contributed by atoms with Gasteiger partial charge in [-0.15, -0.1) is 0 Å². The van der Waals surface area contributed by atoms with Crippen LogP contribution < -0.4 is 16.1 Å². The number of nitrogens with two attached hydrogens (primary N) is 1. The van der Waals surface area contributed by atoms with Gasteiger partial charge in [0.15, 0.2) is 11.6 Å². The summed E-state index contributed by atoms with van der Waals surface area (Å²) in [7, 11) is 1.93. The Hall–Kier alpha value is -2.52. The number of pyridine rings is 1. The number of anilines is 1. The zero-order valence-electron chi connectivity index (χ0n) is 14.8. The minimum Gasteiger partial charge on any atom is -0.477 e. The topological polar surface area (TPSA) is 103 Å². The van der Waals surface area contributed by atoms with Crippen molar-refractivity contribution in [2.45, 2.75) is 18.4 Å². The Kier molecular flexibility index (Phi) is 3.97. The second-order valence-electron chi connectivity index (χ2n) is 7.38. The SMILES string of the molecule is CN1CCN(c2c(F)c(C3(N)CC3)c3c(=O)c(C(=O)O)c[nH]c3c2F)CC1. The molecule has 4 N–H and O–H groups in total. The number of rotatable bonds is 3. The van der Waals surface area contributed by atoms with Gasteiger partial charge in [0, 0.05) is 43.5 Å². The van der Waals surface area contributed by atoms with Crippen LogP contribution in [0, 0.1) is 11.6 Å². The van der Waals surface area contributed by atoms with Crippen molar-refractivity contribution < 1.29 is 18.7 Å². The maximum atomic E-state index is 15.5. The number of nitrogens with one attached hydrogen (secondary N) is 1. The molecule has 0 unspecified atom stereocenters. The zero-order chi connectivity index (χ0) is 19.5. The summed E-state index contributed by atoms with van der Waals surface area (Å²) in [6.45, 7) is 2.16. The average molecular weight is 378 g/mol. The molecule has 2 fully saturated rings. The van der Waals surface area contributed by atoms with Crippen LogP contribution in [0.4, 0.5) is 14.5 Å². The van der Waals surface area contributed by atoms with Gasteiger partial charge >= 0.3 is 5.97 Å². The van der Waals surface area contributed by atoms with Crippen LogP contribution >= 0.6 is 0 Å². The van der Waals surface area contributed by atoms with Gasteiger partial charge in [-0.1, -0.05) is 0 Å². The van der Waals surface area contributed by atoms with Crippen molar-refractivity contribution in [2.75, 3.05) is 38.1 Å². The van der Waals surface area contributed by atoms with Gasteiger partial charge in [-0.2, -0.15) is 0 Å². The minimum absolute atomic E-state index is 0.0859. The van der Waals surface area contributed by atoms with E-state index in [4.69, 9.17) is 5.73 Å². The Morgan fingerprint density at radius 3 is 2.41 bits per heavy atom. The molecule has 1 aromatic carbocycles. The molecule has 2 heterocycles. The predicted octanol–water partition coefficient (Wildman–Crippen LogP) is 1.20. The van der Waals surface area contributed by atoms with Gasteiger partial charge in [0.1, 0.15) is 11.3 Å². The third-order valence-electron chi connectivity index (χ3n) is 5.52. The van der Waals surface area contributed by atoms with Crippen LogP contribution in [-0.2, 0) is 5.54 Å². The Morgan fingerprint density at radius 2 is 1.85 bits per heavy atom. The number of hydrogen-bond acceptors (Lipinski definition) is 5. The Balaban J connectivity index is 2.04. The monoisotopic (exact) mass is 378 g/mol. The van der Waals surface area contributed by atoms with Crippen LogP contribution in [0.3, 0.4) is 0 Å². The van der Waals surface area contributed by atoms with E-state index in [1.54, 1.807) is 4.90 Å². The summed E-state index contributed by atoms with van der Waals surface area (Å²) in [6.07, 6.45) is 1.84. The molecular formula is C18H20F2N4O3. The number of nitrogens with zero attached hydrogens (tertiary/aromatic N) is 2. The Bertz CT molecular complexity index is 1010. The second kappa shape index (κ2) is 6.00. The molecular weight excluding hydrogens is 358 g/mol. The number of H-pyrrole nitrogens is 1. The molecule has 0 amide bonds. The van der Waals surface area contributed by atoms with Gasteiger partial charge in [-0.25, -0.2) is 13.6 Å². The van der Waals surface area contributed by atoms with E-state index in [1.165, 1.54) is 0 Å². The maximum absolute atomic E-state index is 15.5. The van der Waals surface area contributed by atoms with Crippen molar-refractivity contribution in [2.24, 2.45) is 5.73 Å². The summed E-state index contributed by atoms with van der Waals surface area (Å²) < 4.78 is 30.8. The first-order chi connectivity index (χ1) is 12.7. The van der Waals surface area contributed by atoms with Crippen molar-refractivity contribution in [1.82, 2.24) is 9.88 Å². The van der Waals surface area contributed by atoms with Crippen molar-refractivity contribution >= 4 is 22.6 Å². The lowest BCUT2D eigenvalue weighted by Gasteiger charge is -2.35. The summed E-state index contributed by atoms with van der Waals surface area (Å²) in [5, 5.41) is 8.90. The normalized spacial score (nSPS) is 19.5. The number of likely N-dealkylation sites (N-methyl/N-ethyl adjacent to an activating group) is 1. The molecule has 0 bridgehead atoms. The van der Waals surface area contributed by atoms with E-state index < -0.39 is 34.1 Å². The lowest BCUT2D eigenvalue weighted by molar-refractivity contribution is 0.0695. The molecule has 1 saturated carbocycles. The maximum Gasteiger partial charge on any atom is 0.341 e.